The van der Waals surface area contributed by atoms with Crippen molar-refractivity contribution < 1.29 is 9.50 Å². The summed E-state index contributed by atoms with van der Waals surface area (Å²) in [5.41, 5.74) is 6.84. The van der Waals surface area contributed by atoms with Crippen molar-refractivity contribution in [2.24, 2.45) is 0 Å². The van der Waals surface area contributed by atoms with E-state index in [1.54, 1.807) is 38.1 Å². The Bertz CT molecular complexity index is 972. The lowest BCUT2D eigenvalue weighted by Crippen LogP contribution is -2.13. The Morgan fingerprint density at radius 1 is 1.27 bits per heavy atom. The van der Waals surface area contributed by atoms with Gasteiger partial charge < -0.3 is 15.4 Å². The molecule has 0 amide bonds. The fourth-order valence-corrected chi connectivity index (χ4v) is 2.68. The minimum Gasteiger partial charge on any atom is -0.386 e. The van der Waals surface area contributed by atoms with Crippen molar-refractivity contribution in [1.82, 2.24) is 19.5 Å². The van der Waals surface area contributed by atoms with Crippen molar-refractivity contribution in [3.8, 4) is 11.4 Å². The van der Waals surface area contributed by atoms with Crippen LogP contribution in [0.3, 0.4) is 0 Å². The molecule has 0 unspecified atom stereocenters. The fourth-order valence-electron chi connectivity index (χ4n) is 2.68. The molecule has 2 aromatic heterocycles. The van der Waals surface area contributed by atoms with Crippen LogP contribution in [0.5, 0.6) is 0 Å². The maximum atomic E-state index is 13.7. The molecule has 3 N–H and O–H groups in total. The molecule has 1 aromatic carbocycles. The zero-order valence-electron chi connectivity index (χ0n) is 15.1. The van der Waals surface area contributed by atoms with Crippen LogP contribution in [0, 0.1) is 5.82 Å². The standard InChI is InChI=1S/C19H22FN5O/c1-4-10-25-17(12-6-5-7-13(20)11-12)24-15-16(21)22-14(23-18(15)25)8-9-19(2,3)26/h5-9,11,26H,4,10H2,1-3H3,(H2,21,22,23). The summed E-state index contributed by atoms with van der Waals surface area (Å²) in [5, 5.41) is 9.85. The van der Waals surface area contributed by atoms with Crippen LogP contribution in [0.1, 0.15) is 33.0 Å². The van der Waals surface area contributed by atoms with Crippen LogP contribution in [-0.2, 0) is 6.54 Å². The number of aromatic nitrogens is 4. The van der Waals surface area contributed by atoms with Gasteiger partial charge >= 0.3 is 0 Å². The summed E-state index contributed by atoms with van der Waals surface area (Å²) in [5.74, 6) is 0.912. The van der Waals surface area contributed by atoms with Crippen molar-refractivity contribution >= 4 is 23.1 Å². The van der Waals surface area contributed by atoms with Crippen molar-refractivity contribution in [2.75, 3.05) is 5.73 Å². The van der Waals surface area contributed by atoms with Crippen LogP contribution in [-0.4, -0.2) is 30.2 Å². The normalized spacial score (nSPS) is 12.3. The molecule has 0 saturated heterocycles. The Morgan fingerprint density at radius 2 is 2.04 bits per heavy atom. The quantitative estimate of drug-likeness (QED) is 0.732. The fraction of sp³-hybridized carbons (Fsp3) is 0.316. The van der Waals surface area contributed by atoms with E-state index in [4.69, 9.17) is 5.73 Å². The molecule has 0 radical (unpaired) electrons. The second-order valence-corrected chi connectivity index (χ2v) is 6.72. The van der Waals surface area contributed by atoms with Gasteiger partial charge in [-0.3, -0.25) is 0 Å². The molecular formula is C19H22FN5O. The molecule has 0 saturated carbocycles. The van der Waals surface area contributed by atoms with Gasteiger partial charge in [0.15, 0.2) is 22.8 Å². The number of imidazole rings is 1. The van der Waals surface area contributed by atoms with Crippen molar-refractivity contribution in [3.63, 3.8) is 0 Å². The van der Waals surface area contributed by atoms with E-state index in [9.17, 15) is 9.50 Å². The number of halogens is 1. The molecule has 0 bridgehead atoms. The van der Waals surface area contributed by atoms with E-state index in [0.717, 1.165) is 6.42 Å². The second-order valence-electron chi connectivity index (χ2n) is 6.72. The first-order valence-electron chi connectivity index (χ1n) is 8.50. The smallest absolute Gasteiger partial charge is 0.166 e. The minimum atomic E-state index is -0.983. The lowest BCUT2D eigenvalue weighted by Gasteiger charge is -2.10. The molecule has 6 nitrogen and oxygen atoms in total. The molecule has 7 heteroatoms. The average Bonchev–Trinajstić information content (AvgIpc) is 2.92. The number of anilines is 1. The largest absolute Gasteiger partial charge is 0.386 e. The van der Waals surface area contributed by atoms with Gasteiger partial charge in [-0.2, -0.15) is 0 Å². The summed E-state index contributed by atoms with van der Waals surface area (Å²) in [6, 6.07) is 6.28. The third-order valence-corrected chi connectivity index (χ3v) is 3.81. The summed E-state index contributed by atoms with van der Waals surface area (Å²) in [6.45, 7) is 6.03. The van der Waals surface area contributed by atoms with Gasteiger partial charge in [0.05, 0.1) is 5.60 Å². The van der Waals surface area contributed by atoms with Crippen molar-refractivity contribution in [1.29, 1.82) is 0 Å². The van der Waals surface area contributed by atoms with Crippen LogP contribution in [0.15, 0.2) is 30.3 Å². The number of fused-ring (bicyclic) bond motifs is 1. The molecule has 0 aliphatic heterocycles. The van der Waals surface area contributed by atoms with Gasteiger partial charge in [0.1, 0.15) is 11.6 Å². The molecule has 3 aromatic rings. The van der Waals surface area contributed by atoms with Crippen LogP contribution < -0.4 is 5.73 Å². The maximum absolute atomic E-state index is 13.7. The monoisotopic (exact) mass is 355 g/mol. The summed E-state index contributed by atoms with van der Waals surface area (Å²) < 4.78 is 15.6. The Morgan fingerprint density at radius 3 is 2.69 bits per heavy atom. The summed E-state index contributed by atoms with van der Waals surface area (Å²) >= 11 is 0. The third kappa shape index (κ3) is 3.72. The number of aryl methyl sites for hydroxylation is 1. The van der Waals surface area contributed by atoms with Crippen molar-refractivity contribution in [2.45, 2.75) is 39.3 Å². The molecule has 26 heavy (non-hydrogen) atoms. The van der Waals surface area contributed by atoms with Crippen LogP contribution in [0.2, 0.25) is 0 Å². The Balaban J connectivity index is 2.20. The zero-order valence-corrected chi connectivity index (χ0v) is 15.1. The highest BCUT2D eigenvalue weighted by Gasteiger charge is 2.17. The molecule has 3 rings (SSSR count). The molecule has 2 heterocycles. The number of hydrogen-bond donors (Lipinski definition) is 2. The average molecular weight is 355 g/mol. The first-order chi connectivity index (χ1) is 12.3. The van der Waals surface area contributed by atoms with E-state index >= 15 is 0 Å². The molecular weight excluding hydrogens is 333 g/mol. The van der Waals surface area contributed by atoms with Crippen LogP contribution in [0.25, 0.3) is 28.6 Å². The molecule has 0 aliphatic carbocycles. The lowest BCUT2D eigenvalue weighted by molar-refractivity contribution is 0.134. The van der Waals surface area contributed by atoms with E-state index in [1.807, 2.05) is 11.5 Å². The zero-order chi connectivity index (χ0) is 18.9. The Labute approximate surface area is 151 Å². The summed E-state index contributed by atoms with van der Waals surface area (Å²) in [4.78, 5) is 13.4. The van der Waals surface area contributed by atoms with E-state index in [0.29, 0.717) is 34.9 Å². The number of benzene rings is 1. The maximum Gasteiger partial charge on any atom is 0.166 e. The van der Waals surface area contributed by atoms with E-state index < -0.39 is 5.60 Å². The van der Waals surface area contributed by atoms with Gasteiger partial charge in [0.25, 0.3) is 0 Å². The SMILES string of the molecule is CCCn1c(-c2cccc(F)c2)nc2c(N)nc(C=CC(C)(C)O)nc21. The van der Waals surface area contributed by atoms with Gasteiger partial charge in [-0.15, -0.1) is 0 Å². The number of nitrogens with two attached hydrogens (primary N) is 1. The van der Waals surface area contributed by atoms with Gasteiger partial charge in [-0.05, 0) is 44.6 Å². The Hall–Kier alpha value is -2.80. The van der Waals surface area contributed by atoms with Crippen LogP contribution >= 0.6 is 0 Å². The van der Waals surface area contributed by atoms with Gasteiger partial charge in [0, 0.05) is 12.1 Å². The minimum absolute atomic E-state index is 0.248. The molecule has 0 spiro atoms. The predicted molar refractivity (Wildman–Crippen MR) is 101 cm³/mol. The number of nitrogens with zero attached hydrogens (tertiary/aromatic N) is 4. The number of aliphatic hydroxyl groups is 1. The highest BCUT2D eigenvalue weighted by Crippen LogP contribution is 2.27. The first-order valence-corrected chi connectivity index (χ1v) is 8.50. The Kier molecular flexibility index (Phi) is 4.73. The van der Waals surface area contributed by atoms with Gasteiger partial charge in [-0.25, -0.2) is 19.3 Å². The molecule has 0 aliphatic rings. The van der Waals surface area contributed by atoms with E-state index in [2.05, 4.69) is 15.0 Å². The summed E-state index contributed by atoms with van der Waals surface area (Å²) in [7, 11) is 0. The van der Waals surface area contributed by atoms with Crippen LogP contribution in [0.4, 0.5) is 10.2 Å². The summed E-state index contributed by atoms with van der Waals surface area (Å²) in [6.07, 6.45) is 4.08. The lowest BCUT2D eigenvalue weighted by atomic mass is 10.1. The highest BCUT2D eigenvalue weighted by molar-refractivity contribution is 5.86. The number of nitrogen functional groups attached to an aromatic ring is 1. The van der Waals surface area contributed by atoms with E-state index in [1.165, 1.54) is 12.1 Å². The highest BCUT2D eigenvalue weighted by atomic mass is 19.1. The predicted octanol–water partition coefficient (Wildman–Crippen LogP) is 3.41. The van der Waals surface area contributed by atoms with Gasteiger partial charge in [0.2, 0.25) is 0 Å². The molecule has 0 atom stereocenters. The molecule has 136 valence electrons. The van der Waals surface area contributed by atoms with Crippen molar-refractivity contribution in [3.05, 3.63) is 42.0 Å². The third-order valence-electron chi connectivity index (χ3n) is 3.81. The van der Waals surface area contributed by atoms with Gasteiger partial charge in [-0.1, -0.05) is 19.1 Å². The molecule has 0 fully saturated rings. The topological polar surface area (TPSA) is 89.9 Å². The van der Waals surface area contributed by atoms with E-state index in [-0.39, 0.29) is 11.6 Å². The second kappa shape index (κ2) is 6.84. The first kappa shape index (κ1) is 18.0. The number of rotatable bonds is 5. The number of hydrogen-bond acceptors (Lipinski definition) is 5.